The molecule has 0 saturated carbocycles. The van der Waals surface area contributed by atoms with Crippen molar-refractivity contribution in [3.8, 4) is 0 Å². The van der Waals surface area contributed by atoms with Crippen LogP contribution in [0.3, 0.4) is 0 Å². The molecule has 1 amide bonds. The molecule has 0 aliphatic carbocycles. The van der Waals surface area contributed by atoms with Crippen LogP contribution in [0.15, 0.2) is 47.4 Å². The van der Waals surface area contributed by atoms with Crippen molar-refractivity contribution in [2.45, 2.75) is 19.3 Å². The largest absolute Gasteiger partial charge is 0.341 e. The fraction of sp³-hybridized carbons (Fsp3) is 0.455. The normalized spacial score (nSPS) is 17.5. The minimum Gasteiger partial charge on any atom is -0.341 e. The molecule has 5 nitrogen and oxygen atoms in total. The van der Waals surface area contributed by atoms with Crippen LogP contribution in [0.4, 0.5) is 4.39 Å². The van der Waals surface area contributed by atoms with E-state index in [0.29, 0.717) is 18.0 Å². The molecule has 0 bridgehead atoms. The molecule has 28 heavy (non-hydrogen) atoms. The van der Waals surface area contributed by atoms with Gasteiger partial charge < -0.3 is 14.4 Å². The van der Waals surface area contributed by atoms with Crippen molar-refractivity contribution in [1.82, 2.24) is 14.4 Å². The van der Waals surface area contributed by atoms with Crippen LogP contribution in [0.5, 0.6) is 0 Å². The molecule has 1 saturated heterocycles. The second-order valence-electron chi connectivity index (χ2n) is 7.74. The molecule has 150 valence electrons. The van der Waals surface area contributed by atoms with E-state index in [4.69, 9.17) is 0 Å². The van der Waals surface area contributed by atoms with Crippen molar-refractivity contribution in [2.75, 3.05) is 33.2 Å². The van der Waals surface area contributed by atoms with Gasteiger partial charge in [-0.3, -0.25) is 9.59 Å². The molecular formula is C22H28FN3O2. The summed E-state index contributed by atoms with van der Waals surface area (Å²) in [4.78, 5) is 28.4. The van der Waals surface area contributed by atoms with Gasteiger partial charge in [0.2, 0.25) is 5.56 Å². The highest BCUT2D eigenvalue weighted by Crippen LogP contribution is 2.18. The number of benzene rings is 1. The van der Waals surface area contributed by atoms with Gasteiger partial charge in [-0.15, -0.1) is 0 Å². The Labute approximate surface area is 165 Å². The van der Waals surface area contributed by atoms with E-state index >= 15 is 0 Å². The van der Waals surface area contributed by atoms with E-state index < -0.39 is 0 Å². The lowest BCUT2D eigenvalue weighted by atomic mass is 9.97. The van der Waals surface area contributed by atoms with E-state index in [9.17, 15) is 14.0 Å². The van der Waals surface area contributed by atoms with Crippen molar-refractivity contribution in [2.24, 2.45) is 13.0 Å². The Bertz CT molecular complexity index is 863. The molecule has 6 heteroatoms. The highest BCUT2D eigenvalue weighted by atomic mass is 19.1. The number of halogens is 1. The molecule has 2 aromatic rings. The summed E-state index contributed by atoms with van der Waals surface area (Å²) in [6.45, 7) is 3.68. The molecule has 1 fully saturated rings. The van der Waals surface area contributed by atoms with Crippen LogP contribution in [0, 0.1) is 11.7 Å². The fourth-order valence-corrected chi connectivity index (χ4v) is 3.85. The van der Waals surface area contributed by atoms with Gasteiger partial charge in [0.05, 0.1) is 5.56 Å². The van der Waals surface area contributed by atoms with Gasteiger partial charge in [0.25, 0.3) is 5.91 Å². The highest BCUT2D eigenvalue weighted by molar-refractivity contribution is 5.93. The molecule has 0 N–H and O–H groups in total. The van der Waals surface area contributed by atoms with Gasteiger partial charge >= 0.3 is 0 Å². The lowest BCUT2D eigenvalue weighted by Gasteiger charge is -2.34. The molecule has 1 aliphatic heterocycles. The quantitative estimate of drug-likeness (QED) is 0.768. The molecule has 1 atom stereocenters. The number of piperidine rings is 1. The van der Waals surface area contributed by atoms with Crippen molar-refractivity contribution in [1.29, 1.82) is 0 Å². The van der Waals surface area contributed by atoms with Crippen molar-refractivity contribution in [3.63, 3.8) is 0 Å². The maximum absolute atomic E-state index is 13.0. The van der Waals surface area contributed by atoms with Crippen LogP contribution in [0.2, 0.25) is 0 Å². The monoisotopic (exact) mass is 385 g/mol. The minimum absolute atomic E-state index is 0.0564. The predicted molar refractivity (Wildman–Crippen MR) is 108 cm³/mol. The number of aromatic nitrogens is 1. The molecule has 1 aromatic carbocycles. The Balaban J connectivity index is 1.52. The topological polar surface area (TPSA) is 45.6 Å². The van der Waals surface area contributed by atoms with E-state index in [1.54, 1.807) is 24.2 Å². The lowest BCUT2D eigenvalue weighted by Crippen LogP contribution is -2.42. The third-order valence-corrected chi connectivity index (χ3v) is 5.44. The average molecular weight is 385 g/mol. The molecule has 1 aromatic heterocycles. The number of hydrogen-bond donors (Lipinski definition) is 0. The zero-order valence-corrected chi connectivity index (χ0v) is 16.6. The van der Waals surface area contributed by atoms with Gasteiger partial charge in [-0.1, -0.05) is 12.1 Å². The van der Waals surface area contributed by atoms with Gasteiger partial charge in [-0.2, -0.15) is 0 Å². The Kier molecular flexibility index (Phi) is 6.62. The van der Waals surface area contributed by atoms with Gasteiger partial charge in [-0.25, -0.2) is 4.39 Å². The van der Waals surface area contributed by atoms with Gasteiger partial charge in [0, 0.05) is 46.0 Å². The van der Waals surface area contributed by atoms with E-state index in [1.165, 1.54) is 22.8 Å². The first-order valence-corrected chi connectivity index (χ1v) is 9.81. The number of likely N-dealkylation sites (tertiary alicyclic amines) is 1. The summed E-state index contributed by atoms with van der Waals surface area (Å²) in [5.41, 5.74) is 1.56. The van der Waals surface area contributed by atoms with E-state index in [2.05, 4.69) is 4.90 Å². The number of pyridine rings is 1. The third-order valence-electron chi connectivity index (χ3n) is 5.44. The first-order valence-electron chi connectivity index (χ1n) is 9.81. The summed E-state index contributed by atoms with van der Waals surface area (Å²) in [5, 5.41) is 0. The maximum Gasteiger partial charge on any atom is 0.255 e. The second kappa shape index (κ2) is 9.15. The van der Waals surface area contributed by atoms with Gasteiger partial charge in [-0.05, 0) is 55.5 Å². The molecule has 3 rings (SSSR count). The van der Waals surface area contributed by atoms with Gasteiger partial charge in [0.1, 0.15) is 5.82 Å². The number of carbonyl (C=O) groups excluding carboxylic acids is 1. The van der Waals surface area contributed by atoms with Crippen LogP contribution >= 0.6 is 0 Å². The van der Waals surface area contributed by atoms with Crippen LogP contribution in [0.25, 0.3) is 0 Å². The molecule has 0 unspecified atom stereocenters. The van der Waals surface area contributed by atoms with Crippen LogP contribution < -0.4 is 5.56 Å². The first kappa shape index (κ1) is 20.3. The Morgan fingerprint density at radius 1 is 1.21 bits per heavy atom. The fourth-order valence-electron chi connectivity index (χ4n) is 3.85. The molecule has 0 radical (unpaired) electrons. The number of amides is 1. The standard InChI is InChI=1S/C22H28FN3O2/c1-24-16-19(7-10-21(24)27)22(28)25(2)14-18-4-3-12-26(15-18)13-11-17-5-8-20(23)9-6-17/h5-10,16,18H,3-4,11-15H2,1-2H3/t18-/m0/s1. The van der Waals surface area contributed by atoms with Crippen LogP contribution in [0.1, 0.15) is 28.8 Å². The summed E-state index contributed by atoms with van der Waals surface area (Å²) in [6, 6.07) is 9.73. The Hall–Kier alpha value is -2.47. The minimum atomic E-state index is -0.201. The van der Waals surface area contributed by atoms with Crippen molar-refractivity contribution < 1.29 is 9.18 Å². The lowest BCUT2D eigenvalue weighted by molar-refractivity contribution is 0.0729. The number of hydrogen-bond acceptors (Lipinski definition) is 3. The van der Waals surface area contributed by atoms with E-state index in [-0.39, 0.29) is 17.3 Å². The van der Waals surface area contributed by atoms with Crippen LogP contribution in [-0.2, 0) is 13.5 Å². The second-order valence-corrected chi connectivity index (χ2v) is 7.74. The van der Waals surface area contributed by atoms with Crippen LogP contribution in [-0.4, -0.2) is 53.5 Å². The average Bonchev–Trinajstić information content (AvgIpc) is 2.69. The maximum atomic E-state index is 13.0. The third kappa shape index (κ3) is 5.29. The summed E-state index contributed by atoms with van der Waals surface area (Å²) < 4.78 is 14.5. The van der Waals surface area contributed by atoms with Gasteiger partial charge in [0.15, 0.2) is 0 Å². The highest BCUT2D eigenvalue weighted by Gasteiger charge is 2.23. The summed E-state index contributed by atoms with van der Waals surface area (Å²) in [6.07, 6.45) is 4.73. The molecule has 0 spiro atoms. The zero-order valence-electron chi connectivity index (χ0n) is 16.6. The SMILES string of the molecule is CN(C[C@@H]1CCCN(CCc2ccc(F)cc2)C1)C(=O)c1ccc(=O)n(C)c1. The Morgan fingerprint density at radius 2 is 1.96 bits per heavy atom. The van der Waals surface area contributed by atoms with Crippen molar-refractivity contribution >= 4 is 5.91 Å². The number of aryl methyl sites for hydroxylation is 1. The summed E-state index contributed by atoms with van der Waals surface area (Å²) in [5.74, 6) is 0.176. The molecule has 2 heterocycles. The number of rotatable bonds is 6. The zero-order chi connectivity index (χ0) is 20.1. The van der Waals surface area contributed by atoms with E-state index in [1.807, 2.05) is 19.2 Å². The first-order chi connectivity index (χ1) is 13.4. The number of carbonyl (C=O) groups is 1. The summed E-state index contributed by atoms with van der Waals surface area (Å²) in [7, 11) is 3.48. The van der Waals surface area contributed by atoms with E-state index in [0.717, 1.165) is 44.5 Å². The molecular weight excluding hydrogens is 357 g/mol. The van der Waals surface area contributed by atoms with Crippen molar-refractivity contribution in [3.05, 3.63) is 69.9 Å². The Morgan fingerprint density at radius 3 is 2.68 bits per heavy atom. The molecule has 1 aliphatic rings. The predicted octanol–water partition coefficient (Wildman–Crippen LogP) is 2.55. The number of nitrogens with zero attached hydrogens (tertiary/aromatic N) is 3. The smallest absolute Gasteiger partial charge is 0.255 e. The summed E-state index contributed by atoms with van der Waals surface area (Å²) >= 11 is 0.